The molecule has 0 saturated carbocycles. The predicted molar refractivity (Wildman–Crippen MR) is 99.3 cm³/mol. The molecule has 23 heavy (non-hydrogen) atoms. The fourth-order valence-corrected chi connectivity index (χ4v) is 5.68. The van der Waals surface area contributed by atoms with Crippen LogP contribution in [-0.4, -0.2) is 11.4 Å². The van der Waals surface area contributed by atoms with Crippen molar-refractivity contribution in [1.29, 1.82) is 0 Å². The second-order valence-corrected chi connectivity index (χ2v) is 9.00. The summed E-state index contributed by atoms with van der Waals surface area (Å²) in [5.74, 6) is 0.754. The zero-order chi connectivity index (χ0) is 16.1. The van der Waals surface area contributed by atoms with Crippen molar-refractivity contribution in [2.75, 3.05) is 6.54 Å². The molecule has 1 atom stereocenters. The summed E-state index contributed by atoms with van der Waals surface area (Å²) in [4.78, 5) is 5.98. The van der Waals surface area contributed by atoms with Crippen molar-refractivity contribution in [3.63, 3.8) is 0 Å². The van der Waals surface area contributed by atoms with E-state index in [1.54, 1.807) is 26.4 Å². The van der Waals surface area contributed by atoms with Crippen LogP contribution in [-0.2, 0) is 25.8 Å². The summed E-state index contributed by atoms with van der Waals surface area (Å²) in [7, 11) is 0. The van der Waals surface area contributed by atoms with Gasteiger partial charge in [-0.3, -0.25) is 4.90 Å². The third-order valence-electron chi connectivity index (χ3n) is 5.67. The molecule has 3 heterocycles. The van der Waals surface area contributed by atoms with Crippen LogP contribution in [0.4, 0.5) is 0 Å². The Labute approximate surface area is 144 Å². The topological polar surface area (TPSA) is 3.24 Å². The third kappa shape index (κ3) is 2.66. The maximum Gasteiger partial charge on any atom is 0.0403 e. The minimum absolute atomic E-state index is 0.616. The highest BCUT2D eigenvalue weighted by atomic mass is 32.1. The van der Waals surface area contributed by atoms with E-state index in [2.05, 4.69) is 62.1 Å². The highest BCUT2D eigenvalue weighted by Gasteiger charge is 2.33. The zero-order valence-electron chi connectivity index (χ0n) is 14.8. The normalized spacial score (nSPS) is 20.3. The van der Waals surface area contributed by atoms with E-state index in [4.69, 9.17) is 0 Å². The number of aryl methyl sites for hydroxylation is 1. The molecule has 0 amide bonds. The van der Waals surface area contributed by atoms with Gasteiger partial charge in [0.15, 0.2) is 0 Å². The summed E-state index contributed by atoms with van der Waals surface area (Å²) in [5.41, 5.74) is 7.77. The number of fused-ring (bicyclic) bond motifs is 4. The van der Waals surface area contributed by atoms with Gasteiger partial charge < -0.3 is 0 Å². The van der Waals surface area contributed by atoms with E-state index in [1.807, 2.05) is 0 Å². The van der Waals surface area contributed by atoms with E-state index < -0.39 is 0 Å². The number of hydrogen-bond donors (Lipinski definition) is 0. The van der Waals surface area contributed by atoms with Crippen LogP contribution in [0.25, 0.3) is 0 Å². The molecule has 2 heteroatoms. The van der Waals surface area contributed by atoms with Crippen LogP contribution >= 0.6 is 11.3 Å². The van der Waals surface area contributed by atoms with Gasteiger partial charge in [0.25, 0.3) is 0 Å². The quantitative estimate of drug-likeness (QED) is 0.732. The van der Waals surface area contributed by atoms with Crippen molar-refractivity contribution in [2.45, 2.75) is 59.5 Å². The minimum atomic E-state index is 0.616. The summed E-state index contributed by atoms with van der Waals surface area (Å²) in [6.07, 6.45) is 3.68. The van der Waals surface area contributed by atoms with Gasteiger partial charge >= 0.3 is 0 Å². The lowest BCUT2D eigenvalue weighted by Gasteiger charge is -2.41. The molecule has 0 fully saturated rings. The van der Waals surface area contributed by atoms with Crippen LogP contribution in [0.15, 0.2) is 18.2 Å². The van der Waals surface area contributed by atoms with Crippen LogP contribution in [0, 0.1) is 19.8 Å². The second kappa shape index (κ2) is 5.75. The van der Waals surface area contributed by atoms with Gasteiger partial charge in [0.2, 0.25) is 0 Å². The Kier molecular flexibility index (Phi) is 3.85. The Morgan fingerprint density at radius 1 is 1.26 bits per heavy atom. The monoisotopic (exact) mass is 325 g/mol. The van der Waals surface area contributed by atoms with Crippen molar-refractivity contribution < 1.29 is 0 Å². The van der Waals surface area contributed by atoms with Crippen LogP contribution < -0.4 is 0 Å². The summed E-state index contributed by atoms with van der Waals surface area (Å²) >= 11 is 2.08. The van der Waals surface area contributed by atoms with Crippen LogP contribution in [0.2, 0.25) is 0 Å². The molecule has 1 aromatic heterocycles. The molecule has 0 radical (unpaired) electrons. The van der Waals surface area contributed by atoms with Crippen LogP contribution in [0.5, 0.6) is 0 Å². The molecule has 1 aromatic carbocycles. The molecular weight excluding hydrogens is 298 g/mol. The Morgan fingerprint density at radius 3 is 2.87 bits per heavy atom. The maximum absolute atomic E-state index is 2.73. The highest BCUT2D eigenvalue weighted by Crippen LogP contribution is 2.42. The Morgan fingerprint density at radius 2 is 2.09 bits per heavy atom. The van der Waals surface area contributed by atoms with E-state index in [0.717, 1.165) is 12.5 Å². The molecule has 2 aliphatic rings. The van der Waals surface area contributed by atoms with Gasteiger partial charge in [0.1, 0.15) is 0 Å². The number of benzene rings is 1. The molecule has 2 aromatic rings. The number of rotatable bonds is 2. The predicted octanol–water partition coefficient (Wildman–Crippen LogP) is 5.22. The molecule has 0 N–H and O–H groups in total. The van der Waals surface area contributed by atoms with Gasteiger partial charge in [-0.2, -0.15) is 0 Å². The first-order chi connectivity index (χ1) is 11.0. The molecule has 1 nitrogen and oxygen atoms in total. The van der Waals surface area contributed by atoms with Gasteiger partial charge in [-0.05, 0) is 72.9 Å². The summed E-state index contributed by atoms with van der Waals surface area (Å²) in [6, 6.07) is 7.84. The molecule has 0 unspecified atom stereocenters. The first-order valence-corrected chi connectivity index (χ1v) is 9.78. The van der Waals surface area contributed by atoms with E-state index in [-0.39, 0.29) is 0 Å². The molecule has 0 aliphatic carbocycles. The summed E-state index contributed by atoms with van der Waals surface area (Å²) in [6.45, 7) is 11.6. The van der Waals surface area contributed by atoms with Crippen molar-refractivity contribution in [3.8, 4) is 0 Å². The fourth-order valence-electron chi connectivity index (χ4n) is 4.26. The maximum atomic E-state index is 2.73. The van der Waals surface area contributed by atoms with Gasteiger partial charge in [0.05, 0.1) is 0 Å². The standard InChI is InChI=1S/C21H27NS/c1-13(2)9-17-11-18-20-10-16-6-5-14(3)15(4)19(16)12-22(20)8-7-21(18)23-17/h5-6,11,13,20H,7-10,12H2,1-4H3/t20-/m0/s1. The average Bonchev–Trinajstić information content (AvgIpc) is 2.92. The summed E-state index contributed by atoms with van der Waals surface area (Å²) < 4.78 is 0. The second-order valence-electron chi connectivity index (χ2n) is 7.77. The van der Waals surface area contributed by atoms with Crippen molar-refractivity contribution in [2.24, 2.45) is 5.92 Å². The highest BCUT2D eigenvalue weighted by molar-refractivity contribution is 7.12. The first-order valence-electron chi connectivity index (χ1n) is 8.96. The number of thiophene rings is 1. The Hall–Kier alpha value is -1.12. The number of hydrogen-bond acceptors (Lipinski definition) is 2. The molecule has 0 saturated heterocycles. The van der Waals surface area contributed by atoms with Gasteiger partial charge in [-0.25, -0.2) is 0 Å². The lowest BCUT2D eigenvalue weighted by atomic mass is 9.84. The fraction of sp³-hybridized carbons (Fsp3) is 0.524. The molecular formula is C21H27NS. The van der Waals surface area contributed by atoms with Gasteiger partial charge in [-0.15, -0.1) is 11.3 Å². The van der Waals surface area contributed by atoms with E-state index in [9.17, 15) is 0 Å². The van der Waals surface area contributed by atoms with Crippen molar-refractivity contribution in [1.82, 2.24) is 4.90 Å². The third-order valence-corrected chi connectivity index (χ3v) is 6.90. The van der Waals surface area contributed by atoms with Gasteiger partial charge in [-0.1, -0.05) is 26.0 Å². The van der Waals surface area contributed by atoms with Crippen molar-refractivity contribution in [3.05, 3.63) is 55.8 Å². The van der Waals surface area contributed by atoms with E-state index in [0.29, 0.717) is 6.04 Å². The molecule has 4 rings (SSSR count). The smallest absolute Gasteiger partial charge is 0.0403 e. The SMILES string of the molecule is Cc1ccc2c(c1C)CN1CCc3sc(CC(C)C)cc3[C@@H]1C2. The molecule has 0 bridgehead atoms. The lowest BCUT2D eigenvalue weighted by Crippen LogP contribution is -2.39. The van der Waals surface area contributed by atoms with Gasteiger partial charge in [0, 0.05) is 28.9 Å². The van der Waals surface area contributed by atoms with Crippen LogP contribution in [0.3, 0.4) is 0 Å². The Bertz CT molecular complexity index is 741. The molecule has 0 spiro atoms. The summed E-state index contributed by atoms with van der Waals surface area (Å²) in [5, 5.41) is 0. The van der Waals surface area contributed by atoms with Crippen molar-refractivity contribution >= 4 is 11.3 Å². The van der Waals surface area contributed by atoms with E-state index in [1.165, 1.54) is 36.9 Å². The van der Waals surface area contributed by atoms with Crippen LogP contribution in [0.1, 0.15) is 57.5 Å². The Balaban J connectivity index is 1.69. The average molecular weight is 326 g/mol. The largest absolute Gasteiger partial charge is 0.291 e. The zero-order valence-corrected chi connectivity index (χ0v) is 15.6. The van der Waals surface area contributed by atoms with E-state index >= 15 is 0 Å². The lowest BCUT2D eigenvalue weighted by molar-refractivity contribution is 0.162. The first kappa shape index (κ1) is 15.4. The molecule has 122 valence electrons. The molecule has 2 aliphatic heterocycles. The minimum Gasteiger partial charge on any atom is -0.291 e. The number of nitrogens with zero attached hydrogens (tertiary/aromatic N) is 1.